The highest BCUT2D eigenvalue weighted by Gasteiger charge is 2.19. The van der Waals surface area contributed by atoms with Crippen LogP contribution in [0.15, 0.2) is 30.3 Å². The second kappa shape index (κ2) is 6.45. The summed E-state index contributed by atoms with van der Waals surface area (Å²) in [7, 11) is 3.00. The number of amides is 1. The number of anilines is 1. The molecule has 0 saturated heterocycles. The molecular formula is C15H15ClN2O3. The van der Waals surface area contributed by atoms with E-state index in [1.165, 1.54) is 14.2 Å². The zero-order valence-corrected chi connectivity index (χ0v) is 12.7. The highest BCUT2D eigenvalue weighted by atomic mass is 35.5. The largest absolute Gasteiger partial charge is 0.496 e. The number of methoxy groups -OCH3 is 2. The van der Waals surface area contributed by atoms with E-state index in [1.807, 2.05) is 0 Å². The fraction of sp³-hybridized carbons (Fsp3) is 0.200. The van der Waals surface area contributed by atoms with Crippen molar-refractivity contribution in [3.05, 3.63) is 46.7 Å². The van der Waals surface area contributed by atoms with Gasteiger partial charge in [-0.2, -0.15) is 0 Å². The highest BCUT2D eigenvalue weighted by Crippen LogP contribution is 2.29. The van der Waals surface area contributed by atoms with Crippen molar-refractivity contribution in [2.75, 3.05) is 19.5 Å². The molecule has 21 heavy (non-hydrogen) atoms. The van der Waals surface area contributed by atoms with Gasteiger partial charge in [0.1, 0.15) is 22.2 Å². The number of benzene rings is 1. The maximum absolute atomic E-state index is 12.5. The van der Waals surface area contributed by atoms with Gasteiger partial charge >= 0.3 is 0 Å². The molecule has 0 bridgehead atoms. The molecule has 0 unspecified atom stereocenters. The van der Waals surface area contributed by atoms with E-state index in [2.05, 4.69) is 10.3 Å². The predicted octanol–water partition coefficient (Wildman–Crippen LogP) is 3.31. The Hall–Kier alpha value is -2.27. The summed E-state index contributed by atoms with van der Waals surface area (Å²) in [6, 6.07) is 8.46. The molecular weight excluding hydrogens is 292 g/mol. The molecule has 6 heteroatoms. The van der Waals surface area contributed by atoms with Gasteiger partial charge < -0.3 is 14.8 Å². The summed E-state index contributed by atoms with van der Waals surface area (Å²) in [5.74, 6) is 0.536. The SMILES string of the molecule is COc1cccc(OC)c1C(=O)Nc1ccc(Cl)nc1C. The summed E-state index contributed by atoms with van der Waals surface area (Å²) in [5.41, 5.74) is 1.54. The van der Waals surface area contributed by atoms with Crippen LogP contribution < -0.4 is 14.8 Å². The Bertz CT molecular complexity index is 652. The van der Waals surface area contributed by atoms with Crippen LogP contribution in [-0.4, -0.2) is 25.1 Å². The van der Waals surface area contributed by atoms with E-state index in [0.717, 1.165) is 0 Å². The van der Waals surface area contributed by atoms with Crippen LogP contribution in [0.2, 0.25) is 5.15 Å². The van der Waals surface area contributed by atoms with Gasteiger partial charge in [0.05, 0.1) is 25.6 Å². The van der Waals surface area contributed by atoms with Gasteiger partial charge in [0.25, 0.3) is 5.91 Å². The van der Waals surface area contributed by atoms with Crippen molar-refractivity contribution in [1.82, 2.24) is 4.98 Å². The first kappa shape index (κ1) is 15.1. The third-order valence-electron chi connectivity index (χ3n) is 2.95. The van der Waals surface area contributed by atoms with Crippen molar-refractivity contribution in [3.63, 3.8) is 0 Å². The molecule has 0 fully saturated rings. The molecule has 110 valence electrons. The maximum atomic E-state index is 12.5. The van der Waals surface area contributed by atoms with Gasteiger partial charge in [0.15, 0.2) is 0 Å². The Morgan fingerprint density at radius 3 is 2.29 bits per heavy atom. The van der Waals surface area contributed by atoms with Crippen molar-refractivity contribution >= 4 is 23.2 Å². The van der Waals surface area contributed by atoms with Crippen molar-refractivity contribution in [1.29, 1.82) is 0 Å². The topological polar surface area (TPSA) is 60.5 Å². The van der Waals surface area contributed by atoms with Crippen molar-refractivity contribution in [2.24, 2.45) is 0 Å². The average molecular weight is 307 g/mol. The number of nitrogens with zero attached hydrogens (tertiary/aromatic N) is 1. The molecule has 2 aromatic rings. The van der Waals surface area contributed by atoms with E-state index in [0.29, 0.717) is 33.6 Å². The summed E-state index contributed by atoms with van der Waals surface area (Å²) in [6.45, 7) is 1.76. The molecule has 5 nitrogen and oxygen atoms in total. The average Bonchev–Trinajstić information content (AvgIpc) is 2.49. The monoisotopic (exact) mass is 306 g/mol. The third kappa shape index (κ3) is 3.25. The minimum absolute atomic E-state index is 0.330. The van der Waals surface area contributed by atoms with Crippen LogP contribution in [-0.2, 0) is 0 Å². The number of halogens is 1. The molecule has 1 aromatic heterocycles. The molecule has 0 radical (unpaired) electrons. The van der Waals surface area contributed by atoms with Gasteiger partial charge in [-0.1, -0.05) is 17.7 Å². The molecule has 0 atom stereocenters. The minimum Gasteiger partial charge on any atom is -0.496 e. The Labute approximate surface area is 127 Å². The van der Waals surface area contributed by atoms with Crippen LogP contribution >= 0.6 is 11.6 Å². The smallest absolute Gasteiger partial charge is 0.263 e. The Morgan fingerprint density at radius 2 is 1.76 bits per heavy atom. The number of aryl methyl sites for hydroxylation is 1. The normalized spacial score (nSPS) is 10.1. The third-order valence-corrected chi connectivity index (χ3v) is 3.17. The second-order valence-corrected chi connectivity index (χ2v) is 4.65. The van der Waals surface area contributed by atoms with Crippen molar-refractivity contribution in [2.45, 2.75) is 6.92 Å². The summed E-state index contributed by atoms with van der Waals surface area (Å²) < 4.78 is 10.4. The first-order valence-electron chi connectivity index (χ1n) is 6.22. The van der Waals surface area contributed by atoms with E-state index >= 15 is 0 Å². The molecule has 0 aliphatic rings. The van der Waals surface area contributed by atoms with E-state index in [1.54, 1.807) is 37.3 Å². The van der Waals surface area contributed by atoms with Gasteiger partial charge in [0, 0.05) is 0 Å². The van der Waals surface area contributed by atoms with Crippen LogP contribution in [0.1, 0.15) is 16.1 Å². The standard InChI is InChI=1S/C15H15ClN2O3/c1-9-10(7-8-13(16)17-9)18-15(19)14-11(20-2)5-4-6-12(14)21-3/h4-8H,1-3H3,(H,18,19). The van der Waals surface area contributed by atoms with Crippen LogP contribution in [0.3, 0.4) is 0 Å². The lowest BCUT2D eigenvalue weighted by Gasteiger charge is -2.13. The number of hydrogen-bond donors (Lipinski definition) is 1. The first-order chi connectivity index (χ1) is 10.1. The number of nitrogens with one attached hydrogen (secondary N) is 1. The van der Waals surface area contributed by atoms with Gasteiger partial charge in [-0.05, 0) is 31.2 Å². The zero-order valence-electron chi connectivity index (χ0n) is 11.9. The molecule has 1 N–H and O–H groups in total. The van der Waals surface area contributed by atoms with Gasteiger partial charge in [-0.15, -0.1) is 0 Å². The number of carbonyl (C=O) groups is 1. The fourth-order valence-electron chi connectivity index (χ4n) is 1.92. The number of rotatable bonds is 4. The molecule has 2 rings (SSSR count). The lowest BCUT2D eigenvalue weighted by atomic mass is 10.1. The van der Waals surface area contributed by atoms with Gasteiger partial charge in [-0.25, -0.2) is 4.98 Å². The van der Waals surface area contributed by atoms with Crippen LogP contribution in [0.4, 0.5) is 5.69 Å². The van der Waals surface area contributed by atoms with Crippen LogP contribution in [0.5, 0.6) is 11.5 Å². The molecule has 0 saturated carbocycles. The number of hydrogen-bond acceptors (Lipinski definition) is 4. The maximum Gasteiger partial charge on any atom is 0.263 e. The summed E-state index contributed by atoms with van der Waals surface area (Å²) in [4.78, 5) is 16.6. The molecule has 1 aromatic carbocycles. The summed E-state index contributed by atoms with van der Waals surface area (Å²) >= 11 is 5.80. The van der Waals surface area contributed by atoms with E-state index in [9.17, 15) is 4.79 Å². The Morgan fingerprint density at radius 1 is 1.14 bits per heavy atom. The molecule has 1 amide bonds. The van der Waals surface area contributed by atoms with Crippen molar-refractivity contribution < 1.29 is 14.3 Å². The van der Waals surface area contributed by atoms with Gasteiger partial charge in [-0.3, -0.25) is 4.79 Å². The second-order valence-electron chi connectivity index (χ2n) is 4.26. The lowest BCUT2D eigenvalue weighted by Crippen LogP contribution is -2.15. The van der Waals surface area contributed by atoms with Crippen LogP contribution in [0, 0.1) is 6.92 Å². The number of aromatic nitrogens is 1. The number of carbonyl (C=O) groups excluding carboxylic acids is 1. The van der Waals surface area contributed by atoms with Crippen molar-refractivity contribution in [3.8, 4) is 11.5 Å². The quantitative estimate of drug-likeness (QED) is 0.880. The lowest BCUT2D eigenvalue weighted by molar-refractivity contribution is 0.102. The van der Waals surface area contributed by atoms with E-state index in [-0.39, 0.29) is 5.91 Å². The van der Waals surface area contributed by atoms with Gasteiger partial charge in [0.2, 0.25) is 0 Å². The number of pyridine rings is 1. The number of ether oxygens (including phenoxy) is 2. The molecule has 0 aliphatic heterocycles. The molecule has 0 aliphatic carbocycles. The molecule has 1 heterocycles. The van der Waals surface area contributed by atoms with Crippen LogP contribution in [0.25, 0.3) is 0 Å². The minimum atomic E-state index is -0.337. The first-order valence-corrected chi connectivity index (χ1v) is 6.60. The summed E-state index contributed by atoms with van der Waals surface area (Å²) in [6.07, 6.45) is 0. The highest BCUT2D eigenvalue weighted by molar-refractivity contribution is 6.29. The predicted molar refractivity (Wildman–Crippen MR) is 81.5 cm³/mol. The van der Waals surface area contributed by atoms with E-state index in [4.69, 9.17) is 21.1 Å². The zero-order chi connectivity index (χ0) is 15.4. The van der Waals surface area contributed by atoms with E-state index < -0.39 is 0 Å². The molecule has 0 spiro atoms. The Kier molecular flexibility index (Phi) is 4.65. The Balaban J connectivity index is 2.36. The fourth-order valence-corrected chi connectivity index (χ4v) is 2.11. The summed E-state index contributed by atoms with van der Waals surface area (Å²) in [5, 5.41) is 3.16.